The largest absolute Gasteiger partial charge is 0.405 e. The second kappa shape index (κ2) is 32.7. The van der Waals surface area contributed by atoms with Gasteiger partial charge in [-0.2, -0.15) is 0 Å². The lowest BCUT2D eigenvalue weighted by Crippen LogP contribution is -2.68. The van der Waals surface area contributed by atoms with Crippen LogP contribution >= 0.6 is 0 Å². The topological polar surface area (TPSA) is 78.8 Å². The van der Waals surface area contributed by atoms with Crippen molar-refractivity contribution in [2.75, 3.05) is 6.61 Å². The van der Waals surface area contributed by atoms with Gasteiger partial charge >= 0.3 is 0 Å². The van der Waals surface area contributed by atoms with E-state index in [1.165, 1.54) is 135 Å². The molecule has 0 aliphatic heterocycles. The van der Waals surface area contributed by atoms with Crippen molar-refractivity contribution in [2.45, 2.75) is 244 Å². The number of carbonyl (C=O) groups is 1. The smallest absolute Gasteiger partial charge is 0.261 e. The molecular weight excluding hydrogens is 731 g/mol. The van der Waals surface area contributed by atoms with E-state index in [0.717, 1.165) is 48.9 Å². The fourth-order valence-corrected chi connectivity index (χ4v) is 13.4. The Hall–Kier alpha value is -1.99. The Morgan fingerprint density at radius 2 is 0.897 bits per heavy atom. The SMILES string of the molecule is CCCCCCCCCCCCCCCCCC(=O)N[C@@H](CO[Si](c1ccccc1)(c1ccccc1)C(C)(C)C)[C@H](O)[C@H](O)CCCCCCCCCCCCCC. The number of unbranched alkanes of at least 4 members (excludes halogenated alkanes) is 25. The number of aliphatic hydroxyl groups excluding tert-OH is 2. The molecule has 0 aromatic heterocycles. The van der Waals surface area contributed by atoms with Crippen LogP contribution < -0.4 is 15.7 Å². The highest BCUT2D eigenvalue weighted by atomic mass is 28.4. The number of hydrogen-bond acceptors (Lipinski definition) is 4. The maximum absolute atomic E-state index is 13.5. The number of nitrogens with one attached hydrogen (secondary N) is 1. The highest BCUT2D eigenvalue weighted by Gasteiger charge is 2.50. The summed E-state index contributed by atoms with van der Waals surface area (Å²) in [5.41, 5.74) is 0. The van der Waals surface area contributed by atoms with Gasteiger partial charge in [-0.25, -0.2) is 0 Å². The molecule has 2 aromatic carbocycles. The van der Waals surface area contributed by atoms with Crippen molar-refractivity contribution < 1.29 is 19.4 Å². The van der Waals surface area contributed by atoms with Gasteiger partial charge in [0, 0.05) is 6.42 Å². The molecule has 0 unspecified atom stereocenters. The van der Waals surface area contributed by atoms with E-state index < -0.39 is 26.6 Å². The Morgan fingerprint density at radius 3 is 1.26 bits per heavy atom. The minimum absolute atomic E-state index is 0.0673. The molecule has 0 fully saturated rings. The molecule has 2 aromatic rings. The quantitative estimate of drug-likeness (QED) is 0.0468. The van der Waals surface area contributed by atoms with Gasteiger partial charge in [-0.3, -0.25) is 4.79 Å². The highest BCUT2D eigenvalue weighted by molar-refractivity contribution is 6.99. The van der Waals surface area contributed by atoms with Crippen LogP contribution in [0.15, 0.2) is 60.7 Å². The number of carbonyl (C=O) groups excluding carboxylic acids is 1. The van der Waals surface area contributed by atoms with Crippen LogP contribution in [-0.2, 0) is 9.22 Å². The minimum Gasteiger partial charge on any atom is -0.405 e. The van der Waals surface area contributed by atoms with Crippen LogP contribution in [0.25, 0.3) is 0 Å². The number of rotatable bonds is 37. The van der Waals surface area contributed by atoms with Gasteiger partial charge in [-0.15, -0.1) is 0 Å². The van der Waals surface area contributed by atoms with Crippen LogP contribution in [0.5, 0.6) is 0 Å². The maximum atomic E-state index is 13.5. The maximum Gasteiger partial charge on any atom is 0.261 e. The van der Waals surface area contributed by atoms with Gasteiger partial charge in [0.2, 0.25) is 5.91 Å². The molecule has 1 amide bonds. The van der Waals surface area contributed by atoms with Crippen LogP contribution in [0, 0.1) is 0 Å². The van der Waals surface area contributed by atoms with Crippen molar-refractivity contribution in [2.24, 2.45) is 0 Å². The average molecular weight is 822 g/mol. The zero-order chi connectivity index (χ0) is 42.2. The Labute approximate surface area is 359 Å². The molecule has 6 heteroatoms. The van der Waals surface area contributed by atoms with Crippen molar-refractivity contribution in [1.29, 1.82) is 0 Å². The summed E-state index contributed by atoms with van der Waals surface area (Å²) >= 11 is 0. The first-order valence-corrected chi connectivity index (χ1v) is 26.5. The molecule has 332 valence electrons. The molecule has 0 aliphatic rings. The highest BCUT2D eigenvalue weighted by Crippen LogP contribution is 2.37. The van der Waals surface area contributed by atoms with E-state index in [0.29, 0.717) is 12.8 Å². The Balaban J connectivity index is 1.94. The van der Waals surface area contributed by atoms with Crippen LogP contribution in [-0.4, -0.2) is 49.3 Å². The van der Waals surface area contributed by atoms with Gasteiger partial charge in [-0.1, -0.05) is 262 Å². The predicted octanol–water partition coefficient (Wildman–Crippen LogP) is 13.1. The zero-order valence-corrected chi connectivity index (χ0v) is 39.4. The second-order valence-electron chi connectivity index (χ2n) is 18.6. The molecular formula is C52H91NO4Si. The van der Waals surface area contributed by atoms with Crippen LogP contribution in [0.3, 0.4) is 0 Å². The van der Waals surface area contributed by atoms with Crippen LogP contribution in [0.1, 0.15) is 221 Å². The van der Waals surface area contributed by atoms with Gasteiger partial charge in [0.1, 0.15) is 6.10 Å². The van der Waals surface area contributed by atoms with Gasteiger partial charge < -0.3 is 20.0 Å². The second-order valence-corrected chi connectivity index (χ2v) is 22.9. The third-order valence-corrected chi connectivity index (χ3v) is 17.4. The summed E-state index contributed by atoms with van der Waals surface area (Å²) in [4.78, 5) is 13.5. The zero-order valence-electron chi connectivity index (χ0n) is 38.4. The lowest BCUT2D eigenvalue weighted by Gasteiger charge is -2.44. The van der Waals surface area contributed by atoms with Crippen molar-refractivity contribution in [3.05, 3.63) is 60.7 Å². The first kappa shape index (κ1) is 52.1. The van der Waals surface area contributed by atoms with E-state index in [1.807, 2.05) is 12.1 Å². The van der Waals surface area contributed by atoms with E-state index in [4.69, 9.17) is 4.43 Å². The molecule has 0 bridgehead atoms. The summed E-state index contributed by atoms with van der Waals surface area (Å²) in [5.74, 6) is -0.0673. The Kier molecular flexibility index (Phi) is 29.4. The number of benzene rings is 2. The Morgan fingerprint density at radius 1 is 0.552 bits per heavy atom. The predicted molar refractivity (Wildman–Crippen MR) is 253 cm³/mol. The van der Waals surface area contributed by atoms with Crippen molar-refractivity contribution >= 4 is 24.6 Å². The standard InChI is InChI=1S/C52H91NO4Si/c1-6-8-10-12-14-16-18-20-21-22-24-26-28-30-38-44-50(55)53-48(51(56)49(54)43-37-29-27-25-23-19-17-15-13-11-9-7-2)45-57-58(52(3,4)5,46-39-33-31-34-40-46)47-41-35-32-36-42-47/h31-36,39-42,48-49,51,54,56H,6-30,37-38,43-45H2,1-5H3,(H,53,55)/t48-,49+,51-/m0/s1. The van der Waals surface area contributed by atoms with Gasteiger partial charge in [-0.05, 0) is 28.3 Å². The number of aliphatic hydroxyl groups is 2. The van der Waals surface area contributed by atoms with E-state index in [-0.39, 0.29) is 17.6 Å². The van der Waals surface area contributed by atoms with E-state index >= 15 is 0 Å². The average Bonchev–Trinajstić information content (AvgIpc) is 3.22. The molecule has 2 rings (SSSR count). The van der Waals surface area contributed by atoms with Crippen molar-refractivity contribution in [3.63, 3.8) is 0 Å². The molecule has 0 radical (unpaired) electrons. The third kappa shape index (κ3) is 21.5. The number of amides is 1. The molecule has 0 spiro atoms. The summed E-state index contributed by atoms with van der Waals surface area (Å²) in [6.07, 6.45) is 33.2. The fourth-order valence-electron chi connectivity index (χ4n) is 8.77. The molecule has 3 N–H and O–H groups in total. The van der Waals surface area contributed by atoms with Crippen molar-refractivity contribution in [1.82, 2.24) is 5.32 Å². The fraction of sp³-hybridized carbons (Fsp3) is 0.750. The Bertz CT molecular complexity index is 1200. The molecule has 58 heavy (non-hydrogen) atoms. The summed E-state index contributed by atoms with van der Waals surface area (Å²) in [6.45, 7) is 11.4. The lowest BCUT2D eigenvalue weighted by atomic mass is 9.99. The summed E-state index contributed by atoms with van der Waals surface area (Å²) in [5, 5.41) is 28.3. The summed E-state index contributed by atoms with van der Waals surface area (Å²) < 4.78 is 7.20. The van der Waals surface area contributed by atoms with Crippen LogP contribution in [0.4, 0.5) is 0 Å². The molecule has 0 aliphatic carbocycles. The van der Waals surface area contributed by atoms with E-state index in [9.17, 15) is 15.0 Å². The summed E-state index contributed by atoms with van der Waals surface area (Å²) in [6, 6.07) is 20.3. The van der Waals surface area contributed by atoms with Crippen LogP contribution in [0.2, 0.25) is 5.04 Å². The summed E-state index contributed by atoms with van der Waals surface area (Å²) in [7, 11) is -2.91. The first-order chi connectivity index (χ1) is 28.2. The molecule has 5 nitrogen and oxygen atoms in total. The molecule has 0 heterocycles. The lowest BCUT2D eigenvalue weighted by molar-refractivity contribution is -0.124. The van der Waals surface area contributed by atoms with Gasteiger partial charge in [0.15, 0.2) is 0 Å². The molecule has 0 saturated carbocycles. The molecule has 0 saturated heterocycles. The molecule has 3 atom stereocenters. The third-order valence-electron chi connectivity index (χ3n) is 12.4. The monoisotopic (exact) mass is 822 g/mol. The van der Waals surface area contributed by atoms with Gasteiger partial charge in [0.05, 0.1) is 18.8 Å². The van der Waals surface area contributed by atoms with Gasteiger partial charge in [0.25, 0.3) is 8.32 Å². The normalized spacial score (nSPS) is 13.7. The minimum atomic E-state index is -2.91. The number of hydrogen-bond donors (Lipinski definition) is 3. The van der Waals surface area contributed by atoms with E-state index in [1.54, 1.807) is 0 Å². The van der Waals surface area contributed by atoms with Crippen molar-refractivity contribution in [3.8, 4) is 0 Å². The van der Waals surface area contributed by atoms with E-state index in [2.05, 4.69) is 88.5 Å². The first-order valence-electron chi connectivity index (χ1n) is 24.6.